The molecule has 0 aliphatic carbocycles. The van der Waals surface area contributed by atoms with Gasteiger partial charge in [-0.3, -0.25) is 4.72 Å². The van der Waals surface area contributed by atoms with E-state index in [2.05, 4.69) is 4.72 Å². The van der Waals surface area contributed by atoms with Gasteiger partial charge in [-0.2, -0.15) is 0 Å². The van der Waals surface area contributed by atoms with E-state index in [4.69, 9.17) is 16.7 Å². The van der Waals surface area contributed by atoms with Gasteiger partial charge in [-0.05, 0) is 48.2 Å². The fourth-order valence-corrected chi connectivity index (χ4v) is 5.40. The van der Waals surface area contributed by atoms with Crippen LogP contribution in [0.4, 0.5) is 5.69 Å². The number of carboxylic acids is 1. The summed E-state index contributed by atoms with van der Waals surface area (Å²) in [6.07, 6.45) is 0. The van der Waals surface area contributed by atoms with Crippen molar-refractivity contribution in [1.82, 2.24) is 0 Å². The third kappa shape index (κ3) is 3.15. The van der Waals surface area contributed by atoms with E-state index in [9.17, 15) is 18.3 Å². The molecular formula is C16H12ClNO5S2. The van der Waals surface area contributed by atoms with E-state index in [0.29, 0.717) is 10.6 Å². The largest absolute Gasteiger partial charge is 0.505 e. The molecule has 2 aromatic carbocycles. The molecule has 130 valence electrons. The number of carbonyl (C=O) groups is 1. The van der Waals surface area contributed by atoms with Crippen LogP contribution in [0.1, 0.15) is 15.9 Å². The molecule has 3 N–H and O–H groups in total. The second-order valence-electron chi connectivity index (χ2n) is 5.27. The number of thiophene rings is 1. The average Bonchev–Trinajstić information content (AvgIpc) is 2.86. The van der Waals surface area contributed by atoms with Crippen LogP contribution in [0.5, 0.6) is 5.75 Å². The Morgan fingerprint density at radius 1 is 1.24 bits per heavy atom. The lowest BCUT2D eigenvalue weighted by atomic mass is 10.2. The lowest BCUT2D eigenvalue weighted by molar-refractivity contribution is 0.0694. The quantitative estimate of drug-likeness (QED) is 0.576. The number of phenols is 1. The minimum atomic E-state index is -4.01. The van der Waals surface area contributed by atoms with Crippen LogP contribution in [0.25, 0.3) is 10.1 Å². The minimum Gasteiger partial charge on any atom is -0.505 e. The van der Waals surface area contributed by atoms with Gasteiger partial charge >= 0.3 is 5.97 Å². The van der Waals surface area contributed by atoms with E-state index < -0.39 is 21.7 Å². The first-order valence-corrected chi connectivity index (χ1v) is 9.65. The number of fused-ring (bicyclic) bond motifs is 1. The molecule has 0 amide bonds. The van der Waals surface area contributed by atoms with Gasteiger partial charge in [-0.25, -0.2) is 13.2 Å². The number of para-hydroxylation sites is 1. The van der Waals surface area contributed by atoms with Crippen molar-refractivity contribution in [2.75, 3.05) is 4.72 Å². The molecular weight excluding hydrogens is 386 g/mol. The highest BCUT2D eigenvalue weighted by Gasteiger charge is 2.24. The number of hydrogen-bond donors (Lipinski definition) is 3. The van der Waals surface area contributed by atoms with Crippen LogP contribution in [0.15, 0.2) is 40.6 Å². The molecule has 1 aromatic heterocycles. The normalized spacial score (nSPS) is 11.6. The van der Waals surface area contributed by atoms with Crippen LogP contribution in [-0.4, -0.2) is 24.6 Å². The van der Waals surface area contributed by atoms with Crippen LogP contribution < -0.4 is 4.72 Å². The summed E-state index contributed by atoms with van der Waals surface area (Å²) in [5.41, 5.74) is -0.0567. The van der Waals surface area contributed by atoms with Crippen LogP contribution in [0.2, 0.25) is 5.02 Å². The third-order valence-corrected chi connectivity index (χ3v) is 7.10. The Kier molecular flexibility index (Phi) is 4.36. The summed E-state index contributed by atoms with van der Waals surface area (Å²) in [4.78, 5) is 11.1. The third-order valence-electron chi connectivity index (χ3n) is 3.61. The number of aromatic hydroxyl groups is 1. The molecule has 9 heteroatoms. The predicted octanol–water partition coefficient (Wildman–Crippen LogP) is 4.07. The first-order valence-electron chi connectivity index (χ1n) is 6.97. The van der Waals surface area contributed by atoms with Crippen molar-refractivity contribution < 1.29 is 23.4 Å². The summed E-state index contributed by atoms with van der Waals surface area (Å²) >= 11 is 7.03. The Bertz CT molecular complexity index is 1110. The van der Waals surface area contributed by atoms with Crippen molar-refractivity contribution in [1.29, 1.82) is 0 Å². The Morgan fingerprint density at radius 3 is 2.64 bits per heavy atom. The Balaban J connectivity index is 2.08. The summed E-state index contributed by atoms with van der Waals surface area (Å²) in [6.45, 7) is 1.66. The van der Waals surface area contributed by atoms with Gasteiger partial charge in [0.1, 0.15) is 9.77 Å². The number of aryl methyl sites for hydroxylation is 1. The monoisotopic (exact) mass is 397 g/mol. The zero-order valence-corrected chi connectivity index (χ0v) is 15.2. The van der Waals surface area contributed by atoms with E-state index in [-0.39, 0.29) is 15.5 Å². The second-order valence-corrected chi connectivity index (χ2v) is 8.63. The number of rotatable bonds is 4. The molecule has 6 nitrogen and oxygen atoms in total. The lowest BCUT2D eigenvalue weighted by Gasteiger charge is -2.10. The standard InChI is InChI=1S/C16H12ClNO5S2/c1-8-11-7-9(17)5-6-13(11)24-16(8)25(22,23)18-12-4-2-3-10(14(12)19)15(20)21/h2-7,18-19H,1H3,(H,20,21). The minimum absolute atomic E-state index is 0.0740. The Hall–Kier alpha value is -2.29. The summed E-state index contributed by atoms with van der Waals surface area (Å²) < 4.78 is 28.5. The first kappa shape index (κ1) is 17.5. The molecule has 0 bridgehead atoms. The maximum Gasteiger partial charge on any atom is 0.339 e. The maximum absolute atomic E-state index is 12.7. The topological polar surface area (TPSA) is 104 Å². The van der Waals surface area contributed by atoms with Crippen molar-refractivity contribution in [3.63, 3.8) is 0 Å². The number of hydrogen-bond acceptors (Lipinski definition) is 5. The molecule has 0 spiro atoms. The zero-order chi connectivity index (χ0) is 18.4. The highest BCUT2D eigenvalue weighted by atomic mass is 35.5. The van der Waals surface area contributed by atoms with Gasteiger partial charge in [-0.15, -0.1) is 11.3 Å². The van der Waals surface area contributed by atoms with Crippen molar-refractivity contribution in [2.24, 2.45) is 0 Å². The van der Waals surface area contributed by atoms with E-state index in [1.54, 1.807) is 25.1 Å². The fourth-order valence-electron chi connectivity index (χ4n) is 2.42. The second kappa shape index (κ2) is 6.21. The molecule has 0 saturated heterocycles. The van der Waals surface area contributed by atoms with Gasteiger partial charge in [0.25, 0.3) is 10.0 Å². The number of benzene rings is 2. The van der Waals surface area contributed by atoms with Crippen molar-refractivity contribution in [3.8, 4) is 5.75 Å². The predicted molar refractivity (Wildman–Crippen MR) is 97.4 cm³/mol. The highest BCUT2D eigenvalue weighted by molar-refractivity contribution is 7.95. The molecule has 0 unspecified atom stereocenters. The number of carboxylic acid groups (broad SMARTS) is 1. The Morgan fingerprint density at radius 2 is 1.96 bits per heavy atom. The summed E-state index contributed by atoms with van der Waals surface area (Å²) in [7, 11) is -4.01. The molecule has 0 saturated carbocycles. The molecule has 3 rings (SSSR count). The fraction of sp³-hybridized carbons (Fsp3) is 0.0625. The van der Waals surface area contributed by atoms with Gasteiger partial charge in [0.15, 0.2) is 5.75 Å². The van der Waals surface area contributed by atoms with E-state index in [1.165, 1.54) is 18.2 Å². The van der Waals surface area contributed by atoms with E-state index in [0.717, 1.165) is 21.4 Å². The van der Waals surface area contributed by atoms with Crippen molar-refractivity contribution >= 4 is 54.7 Å². The van der Waals surface area contributed by atoms with Crippen LogP contribution >= 0.6 is 22.9 Å². The number of anilines is 1. The highest BCUT2D eigenvalue weighted by Crippen LogP contribution is 2.37. The first-order chi connectivity index (χ1) is 11.7. The molecule has 25 heavy (non-hydrogen) atoms. The Labute approximate surface area is 152 Å². The zero-order valence-electron chi connectivity index (χ0n) is 12.8. The molecule has 0 atom stereocenters. The van der Waals surface area contributed by atoms with Crippen LogP contribution in [0.3, 0.4) is 0 Å². The number of halogens is 1. The van der Waals surface area contributed by atoms with Crippen LogP contribution in [-0.2, 0) is 10.0 Å². The smallest absolute Gasteiger partial charge is 0.339 e. The average molecular weight is 398 g/mol. The number of nitrogens with one attached hydrogen (secondary N) is 1. The molecule has 0 radical (unpaired) electrons. The maximum atomic E-state index is 12.7. The lowest BCUT2D eigenvalue weighted by Crippen LogP contribution is -2.13. The van der Waals surface area contributed by atoms with Gasteiger partial charge in [-0.1, -0.05) is 17.7 Å². The molecule has 3 aromatic rings. The number of sulfonamides is 1. The SMILES string of the molecule is Cc1c(S(=O)(=O)Nc2cccc(C(=O)O)c2O)sc2ccc(Cl)cc12. The molecule has 0 aliphatic rings. The van der Waals surface area contributed by atoms with Gasteiger partial charge < -0.3 is 10.2 Å². The van der Waals surface area contributed by atoms with E-state index in [1.807, 2.05) is 0 Å². The summed E-state index contributed by atoms with van der Waals surface area (Å²) in [5, 5.41) is 20.2. The summed E-state index contributed by atoms with van der Waals surface area (Å²) in [5.74, 6) is -1.99. The van der Waals surface area contributed by atoms with Crippen LogP contribution in [0, 0.1) is 6.92 Å². The van der Waals surface area contributed by atoms with E-state index >= 15 is 0 Å². The molecule has 0 fully saturated rings. The van der Waals surface area contributed by atoms with Crippen molar-refractivity contribution in [2.45, 2.75) is 11.1 Å². The molecule has 1 heterocycles. The molecule has 0 aliphatic heterocycles. The number of aromatic carboxylic acids is 1. The summed E-state index contributed by atoms with van der Waals surface area (Å²) in [6, 6.07) is 8.91. The van der Waals surface area contributed by atoms with Gasteiger partial charge in [0.2, 0.25) is 0 Å². The van der Waals surface area contributed by atoms with Gasteiger partial charge in [0.05, 0.1) is 5.69 Å². The van der Waals surface area contributed by atoms with Gasteiger partial charge in [0, 0.05) is 9.72 Å². The van der Waals surface area contributed by atoms with Crippen molar-refractivity contribution in [3.05, 3.63) is 52.5 Å².